The van der Waals surface area contributed by atoms with Crippen LogP contribution in [0.5, 0.6) is 0 Å². The summed E-state index contributed by atoms with van der Waals surface area (Å²) in [6, 6.07) is 0. The van der Waals surface area contributed by atoms with Crippen molar-refractivity contribution >= 4 is 39.8 Å². The molecule has 1 rings (SSSR count). The molecular weight excluding hydrogens is 432 g/mol. The normalized spacial score (nSPS) is 27.4. The molecule has 1 aliphatic heterocycles. The molecule has 10 nitrogen and oxygen atoms in total. The van der Waals surface area contributed by atoms with Gasteiger partial charge in [-0.25, -0.2) is 0 Å². The van der Waals surface area contributed by atoms with Gasteiger partial charge in [-0.3, -0.25) is 19.2 Å². The molecular formula is C16H23BrO10. The lowest BCUT2D eigenvalue weighted by Crippen LogP contribution is -2.63. The van der Waals surface area contributed by atoms with E-state index in [1.807, 2.05) is 0 Å². The fourth-order valence-electron chi connectivity index (χ4n) is 2.48. The van der Waals surface area contributed by atoms with Crippen molar-refractivity contribution in [3.8, 4) is 0 Å². The molecule has 0 N–H and O–H groups in total. The second-order valence-corrected chi connectivity index (χ2v) is 6.42. The van der Waals surface area contributed by atoms with Crippen LogP contribution in [0, 0.1) is 0 Å². The lowest BCUT2D eigenvalue weighted by atomic mass is 9.98. The molecule has 27 heavy (non-hydrogen) atoms. The predicted octanol–water partition coefficient (Wildman–Crippen LogP) is 0.481. The molecule has 0 radical (unpaired) electrons. The average molecular weight is 455 g/mol. The molecule has 1 heterocycles. The predicted molar refractivity (Wildman–Crippen MR) is 91.7 cm³/mol. The van der Waals surface area contributed by atoms with Crippen molar-refractivity contribution in [3.63, 3.8) is 0 Å². The third kappa shape index (κ3) is 7.81. The Morgan fingerprint density at radius 2 is 1.33 bits per heavy atom. The molecule has 0 amide bonds. The molecule has 154 valence electrons. The van der Waals surface area contributed by atoms with Crippen molar-refractivity contribution in [2.24, 2.45) is 0 Å². The number of carbonyl (C=O) groups excluding carboxylic acids is 4. The van der Waals surface area contributed by atoms with Gasteiger partial charge in [0.05, 0.1) is 6.61 Å². The molecule has 0 aromatic rings. The average Bonchev–Trinajstić information content (AvgIpc) is 2.54. The molecule has 1 fully saturated rings. The van der Waals surface area contributed by atoms with Crippen LogP contribution in [0.4, 0.5) is 0 Å². The summed E-state index contributed by atoms with van der Waals surface area (Å²) in [5, 5.41) is 0.458. The minimum absolute atomic E-state index is 0.188. The van der Waals surface area contributed by atoms with Crippen LogP contribution in [0.3, 0.4) is 0 Å². The second kappa shape index (κ2) is 11.2. The van der Waals surface area contributed by atoms with E-state index in [0.717, 1.165) is 20.8 Å². The van der Waals surface area contributed by atoms with Crippen molar-refractivity contribution < 1.29 is 47.6 Å². The highest BCUT2D eigenvalue weighted by molar-refractivity contribution is 9.09. The first-order valence-corrected chi connectivity index (χ1v) is 9.25. The van der Waals surface area contributed by atoms with Gasteiger partial charge >= 0.3 is 23.9 Å². The molecule has 5 atom stereocenters. The Bertz CT molecular complexity index is 551. The van der Waals surface area contributed by atoms with E-state index >= 15 is 0 Å². The van der Waals surface area contributed by atoms with E-state index in [9.17, 15) is 19.2 Å². The van der Waals surface area contributed by atoms with Crippen LogP contribution in [-0.2, 0) is 47.6 Å². The standard InChI is InChI=1S/C16H23BrO10/c1-8(18)23-7-12-13(24-9(2)19)14(25-10(3)20)15(26-11(4)21)16(27-12)22-6-5-17/h12-16H,5-7H2,1-4H3/t12-,13-,14+,15+,16?/m1/s1. The summed E-state index contributed by atoms with van der Waals surface area (Å²) in [4.78, 5) is 45.8. The zero-order chi connectivity index (χ0) is 20.6. The van der Waals surface area contributed by atoms with Gasteiger partial charge in [-0.2, -0.15) is 0 Å². The summed E-state index contributed by atoms with van der Waals surface area (Å²) in [5.74, 6) is -2.63. The van der Waals surface area contributed by atoms with Gasteiger partial charge in [0.25, 0.3) is 0 Å². The molecule has 0 aromatic carbocycles. The molecule has 1 unspecified atom stereocenters. The minimum Gasteiger partial charge on any atom is -0.463 e. The van der Waals surface area contributed by atoms with E-state index in [1.54, 1.807) is 0 Å². The third-order valence-electron chi connectivity index (χ3n) is 3.31. The molecule has 0 bridgehead atoms. The Hall–Kier alpha value is -1.72. The molecule has 1 saturated heterocycles. The molecule has 0 saturated carbocycles. The third-order valence-corrected chi connectivity index (χ3v) is 3.63. The van der Waals surface area contributed by atoms with E-state index in [4.69, 9.17) is 28.4 Å². The highest BCUT2D eigenvalue weighted by atomic mass is 79.9. The van der Waals surface area contributed by atoms with Crippen molar-refractivity contribution in [2.45, 2.75) is 58.4 Å². The quantitative estimate of drug-likeness (QED) is 0.290. The minimum atomic E-state index is -1.22. The smallest absolute Gasteiger partial charge is 0.303 e. The van der Waals surface area contributed by atoms with Crippen molar-refractivity contribution in [1.29, 1.82) is 0 Å². The summed E-state index contributed by atoms with van der Waals surface area (Å²) in [7, 11) is 0. The van der Waals surface area contributed by atoms with E-state index in [-0.39, 0.29) is 13.2 Å². The monoisotopic (exact) mass is 454 g/mol. The first kappa shape index (κ1) is 23.3. The summed E-state index contributed by atoms with van der Waals surface area (Å²) < 4.78 is 31.9. The fraction of sp³-hybridized carbons (Fsp3) is 0.750. The first-order valence-electron chi connectivity index (χ1n) is 8.13. The topological polar surface area (TPSA) is 124 Å². The van der Waals surface area contributed by atoms with E-state index in [2.05, 4.69) is 15.9 Å². The number of halogens is 1. The number of hydrogen-bond donors (Lipinski definition) is 0. The highest BCUT2D eigenvalue weighted by Crippen LogP contribution is 2.29. The lowest BCUT2D eigenvalue weighted by Gasteiger charge is -2.44. The van der Waals surface area contributed by atoms with Gasteiger partial charge in [-0.05, 0) is 0 Å². The number of rotatable bonds is 8. The summed E-state index contributed by atoms with van der Waals surface area (Å²) in [6.07, 6.45) is -5.73. The second-order valence-electron chi connectivity index (χ2n) is 5.63. The SMILES string of the molecule is CC(=O)OC[C@H]1OC(OCCBr)[C@@H](OC(C)=O)[C@@H](OC(C)=O)[C@@H]1OC(C)=O. The maximum absolute atomic E-state index is 11.6. The Balaban J connectivity index is 3.22. The molecule has 0 aromatic heterocycles. The van der Waals surface area contributed by atoms with Crippen molar-refractivity contribution in [3.05, 3.63) is 0 Å². The van der Waals surface area contributed by atoms with Crippen LogP contribution in [0.15, 0.2) is 0 Å². The van der Waals surface area contributed by atoms with Gasteiger partial charge < -0.3 is 28.4 Å². The Morgan fingerprint density at radius 1 is 0.815 bits per heavy atom. The van der Waals surface area contributed by atoms with Crippen LogP contribution in [0.2, 0.25) is 0 Å². The highest BCUT2D eigenvalue weighted by Gasteiger charge is 2.52. The van der Waals surface area contributed by atoms with E-state index < -0.39 is 54.6 Å². The van der Waals surface area contributed by atoms with E-state index in [1.165, 1.54) is 6.92 Å². The largest absolute Gasteiger partial charge is 0.463 e. The zero-order valence-electron chi connectivity index (χ0n) is 15.5. The zero-order valence-corrected chi connectivity index (χ0v) is 17.1. The fourth-order valence-corrected chi connectivity index (χ4v) is 2.67. The van der Waals surface area contributed by atoms with Crippen LogP contribution in [0.25, 0.3) is 0 Å². The van der Waals surface area contributed by atoms with Crippen LogP contribution < -0.4 is 0 Å². The van der Waals surface area contributed by atoms with Gasteiger partial charge in [0.1, 0.15) is 12.7 Å². The number of alkyl halides is 1. The Kier molecular flexibility index (Phi) is 9.67. The maximum atomic E-state index is 11.6. The van der Waals surface area contributed by atoms with Gasteiger partial charge in [-0.1, -0.05) is 15.9 Å². The van der Waals surface area contributed by atoms with Crippen LogP contribution in [-0.4, -0.2) is 73.1 Å². The van der Waals surface area contributed by atoms with Crippen molar-refractivity contribution in [1.82, 2.24) is 0 Å². The molecule has 0 spiro atoms. The molecule has 11 heteroatoms. The Morgan fingerprint density at radius 3 is 1.81 bits per heavy atom. The van der Waals surface area contributed by atoms with Crippen molar-refractivity contribution in [2.75, 3.05) is 18.5 Å². The summed E-state index contributed by atoms with van der Waals surface area (Å²) in [6.45, 7) is 4.58. The number of ether oxygens (including phenoxy) is 6. The first-order chi connectivity index (χ1) is 12.6. The van der Waals surface area contributed by atoms with E-state index in [0.29, 0.717) is 5.33 Å². The van der Waals surface area contributed by atoms with Gasteiger partial charge in [0, 0.05) is 33.0 Å². The van der Waals surface area contributed by atoms with Crippen LogP contribution >= 0.6 is 15.9 Å². The maximum Gasteiger partial charge on any atom is 0.303 e. The number of esters is 4. The van der Waals surface area contributed by atoms with Crippen LogP contribution in [0.1, 0.15) is 27.7 Å². The summed E-state index contributed by atoms with van der Waals surface area (Å²) in [5.41, 5.74) is 0. The number of carbonyl (C=O) groups is 4. The molecule has 0 aliphatic carbocycles. The van der Waals surface area contributed by atoms with Gasteiger partial charge in [0.2, 0.25) is 0 Å². The van der Waals surface area contributed by atoms with Gasteiger partial charge in [0.15, 0.2) is 24.6 Å². The van der Waals surface area contributed by atoms with Gasteiger partial charge in [-0.15, -0.1) is 0 Å². The Labute approximate surface area is 164 Å². The lowest BCUT2D eigenvalue weighted by molar-refractivity contribution is -0.306. The molecule has 1 aliphatic rings. The number of hydrogen-bond acceptors (Lipinski definition) is 10. The summed E-state index contributed by atoms with van der Waals surface area (Å²) >= 11 is 3.20.